The summed E-state index contributed by atoms with van der Waals surface area (Å²) in [7, 11) is 1.72. The Labute approximate surface area is 243 Å². The van der Waals surface area contributed by atoms with Crippen LogP contribution in [0.3, 0.4) is 0 Å². The number of amides is 1. The first-order valence-corrected chi connectivity index (χ1v) is 13.4. The van der Waals surface area contributed by atoms with E-state index in [4.69, 9.17) is 15.4 Å². The number of imidazole rings is 1. The van der Waals surface area contributed by atoms with Crippen LogP contribution in [-0.4, -0.2) is 50.3 Å². The van der Waals surface area contributed by atoms with Crippen LogP contribution in [0.5, 0.6) is 0 Å². The first-order chi connectivity index (χ1) is 20.4. The number of aryl methyl sites for hydroxylation is 1. The standard InChI is InChI=1S/C33H29N7O2/c1-21-14-18-40-30(20-21)39-31(25-12-16-36-17-13-25)32(40)26-9-11-29(38-33(42)22(2)35-3)37-28(26)10-6-23-4-7-24(8-5-23)27(34)15-19-41/h4-5,7-9,11-14,16-20,22,34-35H,15H2,1-3H3,(H,37,38,42). The van der Waals surface area contributed by atoms with Gasteiger partial charge in [0, 0.05) is 47.4 Å². The summed E-state index contributed by atoms with van der Waals surface area (Å²) in [5.41, 5.74) is 7.16. The Hall–Kier alpha value is -5.46. The molecule has 9 nitrogen and oxygen atoms in total. The summed E-state index contributed by atoms with van der Waals surface area (Å²) in [6, 6.07) is 18.3. The third-order valence-electron chi connectivity index (χ3n) is 6.81. The number of rotatable bonds is 8. The fraction of sp³-hybridized carbons (Fsp3) is 0.152. The highest BCUT2D eigenvalue weighted by Gasteiger charge is 2.20. The predicted molar refractivity (Wildman–Crippen MR) is 163 cm³/mol. The summed E-state index contributed by atoms with van der Waals surface area (Å²) in [4.78, 5) is 37.3. The SMILES string of the molecule is CNC(C)C(=O)Nc1ccc(-c2c(-c3ccncc3)nc3cc(C)ccn23)c(C#Cc2ccc(C(=N)CC=O)cc2)n1. The van der Waals surface area contributed by atoms with Crippen molar-refractivity contribution in [2.24, 2.45) is 0 Å². The van der Waals surface area contributed by atoms with Crippen molar-refractivity contribution in [3.8, 4) is 34.4 Å². The summed E-state index contributed by atoms with van der Waals surface area (Å²) in [5.74, 6) is 6.55. The van der Waals surface area contributed by atoms with Gasteiger partial charge in [-0.05, 0) is 86.5 Å². The molecule has 1 amide bonds. The van der Waals surface area contributed by atoms with Crippen LogP contribution in [0.2, 0.25) is 0 Å². The molecule has 0 fully saturated rings. The number of hydrogen-bond donors (Lipinski definition) is 3. The second-order valence-electron chi connectivity index (χ2n) is 9.75. The molecule has 42 heavy (non-hydrogen) atoms. The Morgan fingerprint density at radius 1 is 1.05 bits per heavy atom. The number of hydrogen-bond acceptors (Lipinski definition) is 7. The molecule has 0 aliphatic heterocycles. The van der Waals surface area contributed by atoms with Crippen molar-refractivity contribution in [2.45, 2.75) is 26.3 Å². The van der Waals surface area contributed by atoms with Crippen molar-refractivity contribution in [2.75, 3.05) is 12.4 Å². The fourth-order valence-corrected chi connectivity index (χ4v) is 4.38. The van der Waals surface area contributed by atoms with Crippen LogP contribution in [0.25, 0.3) is 28.2 Å². The number of carbonyl (C=O) groups excluding carboxylic acids is 2. The fourth-order valence-electron chi connectivity index (χ4n) is 4.38. The largest absolute Gasteiger partial charge is 0.309 e. The molecule has 5 rings (SSSR count). The van der Waals surface area contributed by atoms with E-state index >= 15 is 0 Å². The number of pyridine rings is 3. The maximum atomic E-state index is 12.6. The molecule has 1 aromatic carbocycles. The lowest BCUT2D eigenvalue weighted by Crippen LogP contribution is -2.35. The van der Waals surface area contributed by atoms with Crippen molar-refractivity contribution in [1.29, 1.82) is 5.41 Å². The molecule has 1 atom stereocenters. The predicted octanol–water partition coefficient (Wildman–Crippen LogP) is 4.67. The normalized spacial score (nSPS) is 11.4. The molecule has 4 heterocycles. The number of nitrogens with zero attached hydrogens (tertiary/aromatic N) is 4. The van der Waals surface area contributed by atoms with E-state index in [1.165, 1.54) is 0 Å². The van der Waals surface area contributed by atoms with Crippen molar-refractivity contribution in [3.05, 3.63) is 102 Å². The summed E-state index contributed by atoms with van der Waals surface area (Å²) < 4.78 is 2.01. The van der Waals surface area contributed by atoms with Crippen LogP contribution in [-0.2, 0) is 9.59 Å². The molecule has 9 heteroatoms. The second kappa shape index (κ2) is 12.4. The van der Waals surface area contributed by atoms with E-state index in [1.807, 2.05) is 47.9 Å². The molecule has 0 radical (unpaired) electrons. The number of aldehydes is 1. The van der Waals surface area contributed by atoms with E-state index in [-0.39, 0.29) is 18.0 Å². The highest BCUT2D eigenvalue weighted by Crippen LogP contribution is 2.34. The quantitative estimate of drug-likeness (QED) is 0.145. The van der Waals surface area contributed by atoms with Crippen LogP contribution in [0.4, 0.5) is 5.82 Å². The van der Waals surface area contributed by atoms with Gasteiger partial charge in [-0.2, -0.15) is 0 Å². The van der Waals surface area contributed by atoms with Crippen LogP contribution in [0.15, 0.2) is 79.3 Å². The zero-order valence-corrected chi connectivity index (χ0v) is 23.5. The van der Waals surface area contributed by atoms with Crippen LogP contribution in [0, 0.1) is 24.2 Å². The minimum Gasteiger partial charge on any atom is -0.309 e. The molecule has 208 valence electrons. The van der Waals surface area contributed by atoms with Gasteiger partial charge in [0.15, 0.2) is 0 Å². The smallest absolute Gasteiger partial charge is 0.242 e. The van der Waals surface area contributed by atoms with Crippen LogP contribution >= 0.6 is 0 Å². The number of fused-ring (bicyclic) bond motifs is 1. The average Bonchev–Trinajstić information content (AvgIpc) is 3.38. The van der Waals surface area contributed by atoms with E-state index in [1.54, 1.807) is 56.7 Å². The maximum Gasteiger partial charge on any atom is 0.242 e. The molecule has 0 saturated carbocycles. The van der Waals surface area contributed by atoms with Crippen molar-refractivity contribution < 1.29 is 9.59 Å². The number of anilines is 1. The first kappa shape index (κ1) is 28.1. The molecule has 5 aromatic rings. The van der Waals surface area contributed by atoms with E-state index in [0.717, 1.165) is 33.7 Å². The highest BCUT2D eigenvalue weighted by atomic mass is 16.2. The molecule has 4 aromatic heterocycles. The van der Waals surface area contributed by atoms with E-state index in [0.29, 0.717) is 28.9 Å². The third kappa shape index (κ3) is 5.99. The van der Waals surface area contributed by atoms with Crippen molar-refractivity contribution in [3.63, 3.8) is 0 Å². The molecule has 0 aliphatic rings. The van der Waals surface area contributed by atoms with Crippen LogP contribution in [0.1, 0.15) is 35.7 Å². The Kier molecular flexibility index (Phi) is 8.27. The zero-order valence-electron chi connectivity index (χ0n) is 23.5. The monoisotopic (exact) mass is 555 g/mol. The molecular weight excluding hydrogens is 526 g/mol. The van der Waals surface area contributed by atoms with Gasteiger partial charge in [0.25, 0.3) is 0 Å². The number of aromatic nitrogens is 4. The number of likely N-dealkylation sites (N-methyl/N-ethyl adjacent to an activating group) is 1. The molecule has 0 bridgehead atoms. The minimum atomic E-state index is -0.405. The Bertz CT molecular complexity index is 1850. The summed E-state index contributed by atoms with van der Waals surface area (Å²) >= 11 is 0. The van der Waals surface area contributed by atoms with Crippen LogP contribution < -0.4 is 10.6 Å². The molecule has 0 saturated heterocycles. The van der Waals surface area contributed by atoms with Gasteiger partial charge < -0.3 is 20.8 Å². The Balaban J connectivity index is 1.66. The Morgan fingerprint density at radius 2 is 1.81 bits per heavy atom. The summed E-state index contributed by atoms with van der Waals surface area (Å²) in [6.45, 7) is 3.79. The zero-order chi connectivity index (χ0) is 29.6. The second-order valence-corrected chi connectivity index (χ2v) is 9.75. The van der Waals surface area contributed by atoms with E-state index in [2.05, 4.69) is 27.5 Å². The molecular formula is C33H29N7O2. The maximum absolute atomic E-state index is 12.6. The molecule has 1 unspecified atom stereocenters. The molecule has 0 spiro atoms. The van der Waals surface area contributed by atoms with Crippen molar-refractivity contribution >= 4 is 29.4 Å². The first-order valence-electron chi connectivity index (χ1n) is 13.4. The van der Waals surface area contributed by atoms with Gasteiger partial charge in [0.1, 0.15) is 23.4 Å². The molecule has 3 N–H and O–H groups in total. The minimum absolute atomic E-state index is 0.0572. The van der Waals surface area contributed by atoms with E-state index < -0.39 is 6.04 Å². The van der Waals surface area contributed by atoms with Gasteiger partial charge in [-0.25, -0.2) is 9.97 Å². The van der Waals surface area contributed by atoms with Gasteiger partial charge in [-0.3, -0.25) is 14.2 Å². The third-order valence-corrected chi connectivity index (χ3v) is 6.81. The number of nitrogens with one attached hydrogen (secondary N) is 3. The summed E-state index contributed by atoms with van der Waals surface area (Å²) in [6.07, 6.45) is 6.21. The van der Waals surface area contributed by atoms with Gasteiger partial charge in [0.05, 0.1) is 17.4 Å². The van der Waals surface area contributed by atoms with E-state index in [9.17, 15) is 9.59 Å². The highest BCUT2D eigenvalue weighted by molar-refractivity contribution is 6.04. The Morgan fingerprint density at radius 3 is 2.52 bits per heavy atom. The lowest BCUT2D eigenvalue weighted by atomic mass is 10.0. The topological polar surface area (TPSA) is 125 Å². The van der Waals surface area contributed by atoms with Gasteiger partial charge >= 0.3 is 0 Å². The lowest BCUT2D eigenvalue weighted by molar-refractivity contribution is -0.117. The average molecular weight is 556 g/mol. The van der Waals surface area contributed by atoms with Gasteiger partial charge in [-0.15, -0.1) is 0 Å². The number of benzene rings is 1. The van der Waals surface area contributed by atoms with Gasteiger partial charge in [-0.1, -0.05) is 18.1 Å². The lowest BCUT2D eigenvalue weighted by Gasteiger charge is -2.13. The van der Waals surface area contributed by atoms with Crippen molar-refractivity contribution in [1.82, 2.24) is 24.7 Å². The molecule has 0 aliphatic carbocycles. The number of carbonyl (C=O) groups is 2. The van der Waals surface area contributed by atoms with Gasteiger partial charge in [0.2, 0.25) is 5.91 Å². The summed E-state index contributed by atoms with van der Waals surface area (Å²) in [5, 5.41) is 13.8.